The van der Waals surface area contributed by atoms with E-state index in [0.29, 0.717) is 16.5 Å². The van der Waals surface area contributed by atoms with Gasteiger partial charge in [-0.2, -0.15) is 0 Å². The van der Waals surface area contributed by atoms with Crippen LogP contribution in [0.15, 0.2) is 42.5 Å². The number of aryl methyl sites for hydroxylation is 1. The SMILES string of the molecule is COc1ccc(NC(=O)[C@H](C)Oc2ccc(Cl)c(C)c2)cc1. The van der Waals surface area contributed by atoms with Gasteiger partial charge in [-0.05, 0) is 61.9 Å². The second kappa shape index (κ2) is 7.18. The van der Waals surface area contributed by atoms with Crippen molar-refractivity contribution in [1.29, 1.82) is 0 Å². The average Bonchev–Trinajstić information content (AvgIpc) is 2.51. The molecule has 0 aliphatic rings. The third kappa shape index (κ3) is 4.15. The maximum absolute atomic E-state index is 12.1. The zero-order valence-electron chi connectivity index (χ0n) is 12.7. The molecular formula is C17H18ClNO3. The van der Waals surface area contributed by atoms with E-state index >= 15 is 0 Å². The van der Waals surface area contributed by atoms with E-state index in [-0.39, 0.29) is 5.91 Å². The molecule has 2 aromatic rings. The van der Waals surface area contributed by atoms with Crippen LogP contribution in [0, 0.1) is 6.92 Å². The molecule has 0 bridgehead atoms. The highest BCUT2D eigenvalue weighted by Crippen LogP contribution is 2.22. The maximum atomic E-state index is 12.1. The molecule has 0 spiro atoms. The molecule has 0 saturated carbocycles. The summed E-state index contributed by atoms with van der Waals surface area (Å²) in [4.78, 5) is 12.1. The van der Waals surface area contributed by atoms with Crippen LogP contribution < -0.4 is 14.8 Å². The van der Waals surface area contributed by atoms with Crippen molar-refractivity contribution in [2.75, 3.05) is 12.4 Å². The van der Waals surface area contributed by atoms with Gasteiger partial charge in [-0.25, -0.2) is 0 Å². The first kappa shape index (κ1) is 16.2. The fourth-order valence-corrected chi connectivity index (χ4v) is 1.98. The normalized spacial score (nSPS) is 11.6. The number of anilines is 1. The van der Waals surface area contributed by atoms with Crippen LogP contribution >= 0.6 is 11.6 Å². The number of ether oxygens (including phenoxy) is 2. The van der Waals surface area contributed by atoms with E-state index in [9.17, 15) is 4.79 Å². The maximum Gasteiger partial charge on any atom is 0.265 e. The van der Waals surface area contributed by atoms with Gasteiger partial charge in [0, 0.05) is 10.7 Å². The number of amides is 1. The van der Waals surface area contributed by atoms with Crippen LogP contribution in [0.1, 0.15) is 12.5 Å². The van der Waals surface area contributed by atoms with Crippen molar-refractivity contribution in [1.82, 2.24) is 0 Å². The molecule has 0 aliphatic heterocycles. The zero-order chi connectivity index (χ0) is 16.1. The first-order chi connectivity index (χ1) is 10.5. The summed E-state index contributed by atoms with van der Waals surface area (Å²) in [6.45, 7) is 3.58. The van der Waals surface area contributed by atoms with Crippen molar-refractivity contribution >= 4 is 23.2 Å². The van der Waals surface area contributed by atoms with E-state index in [2.05, 4.69) is 5.32 Å². The van der Waals surface area contributed by atoms with Gasteiger partial charge in [0.25, 0.3) is 5.91 Å². The first-order valence-corrected chi connectivity index (χ1v) is 7.25. The summed E-state index contributed by atoms with van der Waals surface area (Å²) in [5.41, 5.74) is 1.59. The van der Waals surface area contributed by atoms with Crippen LogP contribution in [0.5, 0.6) is 11.5 Å². The third-order valence-electron chi connectivity index (χ3n) is 3.17. The Balaban J connectivity index is 1.97. The summed E-state index contributed by atoms with van der Waals surface area (Å²) in [7, 11) is 1.59. The summed E-state index contributed by atoms with van der Waals surface area (Å²) >= 11 is 5.97. The Morgan fingerprint density at radius 2 is 1.77 bits per heavy atom. The lowest BCUT2D eigenvalue weighted by atomic mass is 10.2. The molecule has 1 atom stereocenters. The summed E-state index contributed by atoms with van der Waals surface area (Å²) < 4.78 is 10.7. The number of benzene rings is 2. The Labute approximate surface area is 135 Å². The molecule has 0 aromatic heterocycles. The molecule has 0 fully saturated rings. The van der Waals surface area contributed by atoms with Crippen LogP contribution in [-0.2, 0) is 4.79 Å². The van der Waals surface area contributed by atoms with Crippen molar-refractivity contribution < 1.29 is 14.3 Å². The molecule has 0 aliphatic carbocycles. The number of rotatable bonds is 5. The number of carbonyl (C=O) groups excluding carboxylic acids is 1. The Hall–Kier alpha value is -2.20. The van der Waals surface area contributed by atoms with E-state index < -0.39 is 6.10 Å². The van der Waals surface area contributed by atoms with Gasteiger partial charge in [-0.15, -0.1) is 0 Å². The van der Waals surface area contributed by atoms with Gasteiger partial charge in [0.1, 0.15) is 11.5 Å². The minimum absolute atomic E-state index is 0.224. The topological polar surface area (TPSA) is 47.6 Å². The van der Waals surface area contributed by atoms with E-state index in [1.54, 1.807) is 56.5 Å². The van der Waals surface area contributed by atoms with Gasteiger partial charge in [-0.1, -0.05) is 11.6 Å². The molecule has 2 rings (SSSR count). The number of carbonyl (C=O) groups is 1. The number of hydrogen-bond donors (Lipinski definition) is 1. The molecule has 0 radical (unpaired) electrons. The first-order valence-electron chi connectivity index (χ1n) is 6.87. The minimum atomic E-state index is -0.623. The van der Waals surface area contributed by atoms with Crippen molar-refractivity contribution in [3.8, 4) is 11.5 Å². The van der Waals surface area contributed by atoms with E-state index in [4.69, 9.17) is 21.1 Å². The van der Waals surface area contributed by atoms with Gasteiger partial charge in [0.15, 0.2) is 6.10 Å². The van der Waals surface area contributed by atoms with E-state index in [1.165, 1.54) is 0 Å². The number of halogens is 1. The molecule has 4 nitrogen and oxygen atoms in total. The highest BCUT2D eigenvalue weighted by atomic mass is 35.5. The quantitative estimate of drug-likeness (QED) is 0.904. The Morgan fingerprint density at radius 1 is 1.14 bits per heavy atom. The van der Waals surface area contributed by atoms with Gasteiger partial charge in [-0.3, -0.25) is 4.79 Å². The van der Waals surface area contributed by atoms with Crippen LogP contribution in [0.2, 0.25) is 5.02 Å². The monoisotopic (exact) mass is 319 g/mol. The van der Waals surface area contributed by atoms with Crippen LogP contribution in [0.25, 0.3) is 0 Å². The third-order valence-corrected chi connectivity index (χ3v) is 3.59. The summed E-state index contributed by atoms with van der Waals surface area (Å²) in [5, 5.41) is 3.46. The van der Waals surface area contributed by atoms with Crippen LogP contribution in [0.4, 0.5) is 5.69 Å². The fourth-order valence-electron chi connectivity index (χ4n) is 1.87. The van der Waals surface area contributed by atoms with E-state index in [1.807, 2.05) is 6.92 Å². The molecule has 1 amide bonds. The second-order valence-electron chi connectivity index (χ2n) is 4.89. The number of nitrogens with one attached hydrogen (secondary N) is 1. The summed E-state index contributed by atoms with van der Waals surface area (Å²) in [6.07, 6.45) is -0.623. The highest BCUT2D eigenvalue weighted by Gasteiger charge is 2.15. The molecule has 0 unspecified atom stereocenters. The zero-order valence-corrected chi connectivity index (χ0v) is 13.5. The standard InChI is InChI=1S/C17H18ClNO3/c1-11-10-15(8-9-16(11)18)22-12(2)17(20)19-13-4-6-14(21-3)7-5-13/h4-10,12H,1-3H3,(H,19,20)/t12-/m0/s1. The van der Waals surface area contributed by atoms with Crippen molar-refractivity contribution in [3.63, 3.8) is 0 Å². The molecule has 116 valence electrons. The van der Waals surface area contributed by atoms with Crippen LogP contribution in [-0.4, -0.2) is 19.1 Å². The fraction of sp³-hybridized carbons (Fsp3) is 0.235. The lowest BCUT2D eigenvalue weighted by Gasteiger charge is -2.15. The van der Waals surface area contributed by atoms with Gasteiger partial charge in [0.2, 0.25) is 0 Å². The molecule has 2 aromatic carbocycles. The largest absolute Gasteiger partial charge is 0.497 e. The summed E-state index contributed by atoms with van der Waals surface area (Å²) in [5.74, 6) is 1.12. The van der Waals surface area contributed by atoms with Crippen LogP contribution in [0.3, 0.4) is 0 Å². The average molecular weight is 320 g/mol. The summed E-state index contributed by atoms with van der Waals surface area (Å²) in [6, 6.07) is 12.4. The molecular weight excluding hydrogens is 302 g/mol. The lowest BCUT2D eigenvalue weighted by molar-refractivity contribution is -0.122. The van der Waals surface area contributed by atoms with Gasteiger partial charge >= 0.3 is 0 Å². The smallest absolute Gasteiger partial charge is 0.265 e. The predicted molar refractivity (Wildman–Crippen MR) is 87.9 cm³/mol. The number of hydrogen-bond acceptors (Lipinski definition) is 3. The Kier molecular flexibility index (Phi) is 5.28. The molecule has 22 heavy (non-hydrogen) atoms. The Bertz CT molecular complexity index is 655. The number of methoxy groups -OCH3 is 1. The van der Waals surface area contributed by atoms with Gasteiger partial charge in [0.05, 0.1) is 7.11 Å². The molecule has 5 heteroatoms. The van der Waals surface area contributed by atoms with Crippen molar-refractivity contribution in [2.45, 2.75) is 20.0 Å². The molecule has 0 heterocycles. The molecule has 0 saturated heterocycles. The van der Waals surface area contributed by atoms with Crippen molar-refractivity contribution in [3.05, 3.63) is 53.1 Å². The second-order valence-corrected chi connectivity index (χ2v) is 5.30. The predicted octanol–water partition coefficient (Wildman–Crippen LogP) is 4.06. The van der Waals surface area contributed by atoms with E-state index in [0.717, 1.165) is 11.3 Å². The van der Waals surface area contributed by atoms with Crippen molar-refractivity contribution in [2.24, 2.45) is 0 Å². The molecule has 1 N–H and O–H groups in total. The lowest BCUT2D eigenvalue weighted by Crippen LogP contribution is -2.30. The van der Waals surface area contributed by atoms with Gasteiger partial charge < -0.3 is 14.8 Å². The Morgan fingerprint density at radius 3 is 2.36 bits per heavy atom. The minimum Gasteiger partial charge on any atom is -0.497 e. The highest BCUT2D eigenvalue weighted by molar-refractivity contribution is 6.31.